The zero-order valence-electron chi connectivity index (χ0n) is 8.57. The summed E-state index contributed by atoms with van der Waals surface area (Å²) in [6.07, 6.45) is 1.67. The summed E-state index contributed by atoms with van der Waals surface area (Å²) < 4.78 is 5.29. The van der Waals surface area contributed by atoms with Crippen LogP contribution in [0.4, 0.5) is 0 Å². The number of aromatic nitrogens is 1. The van der Waals surface area contributed by atoms with Gasteiger partial charge in [0.05, 0.1) is 12.0 Å². The van der Waals surface area contributed by atoms with Gasteiger partial charge in [-0.1, -0.05) is 20.8 Å². The van der Waals surface area contributed by atoms with E-state index in [1.807, 2.05) is 12.1 Å². The van der Waals surface area contributed by atoms with Gasteiger partial charge in [-0.3, -0.25) is 0 Å². The quantitative estimate of drug-likeness (QED) is 0.712. The van der Waals surface area contributed by atoms with Crippen molar-refractivity contribution in [3.63, 3.8) is 0 Å². The van der Waals surface area contributed by atoms with Crippen molar-refractivity contribution >= 4 is 11.3 Å². The molecule has 0 spiro atoms. The molecule has 0 aliphatic rings. The minimum atomic E-state index is 0.112. The van der Waals surface area contributed by atoms with E-state index in [4.69, 9.17) is 4.42 Å². The number of nitrogens with zero attached hydrogens (tertiary/aromatic N) is 1. The Morgan fingerprint density at radius 3 is 2.64 bits per heavy atom. The molecule has 2 heterocycles. The molecular weight excluding hydrogens is 194 g/mol. The third-order valence-electron chi connectivity index (χ3n) is 2.00. The van der Waals surface area contributed by atoms with E-state index in [2.05, 4.69) is 31.1 Å². The van der Waals surface area contributed by atoms with E-state index >= 15 is 0 Å². The zero-order valence-corrected chi connectivity index (χ0v) is 9.39. The zero-order chi connectivity index (χ0) is 10.2. The molecule has 0 N–H and O–H groups in total. The van der Waals surface area contributed by atoms with Gasteiger partial charge in [0, 0.05) is 10.8 Å². The molecule has 0 unspecified atom stereocenters. The smallest absolute Gasteiger partial charge is 0.162 e. The van der Waals surface area contributed by atoms with E-state index in [1.54, 1.807) is 17.6 Å². The van der Waals surface area contributed by atoms with Crippen molar-refractivity contribution in [1.82, 2.24) is 4.98 Å². The molecule has 0 aliphatic heterocycles. The minimum Gasteiger partial charge on any atom is -0.462 e. The fourth-order valence-corrected chi connectivity index (χ4v) is 2.14. The molecular formula is C11H13NOS. The first kappa shape index (κ1) is 9.46. The average molecular weight is 207 g/mol. The predicted octanol–water partition coefficient (Wildman–Crippen LogP) is 3.70. The highest BCUT2D eigenvalue weighted by atomic mass is 32.1. The van der Waals surface area contributed by atoms with Gasteiger partial charge in [-0.05, 0) is 12.1 Å². The van der Waals surface area contributed by atoms with Crippen LogP contribution in [0.2, 0.25) is 0 Å². The van der Waals surface area contributed by atoms with Crippen LogP contribution in [0, 0.1) is 0 Å². The van der Waals surface area contributed by atoms with Crippen LogP contribution in [0.3, 0.4) is 0 Å². The molecule has 0 aromatic carbocycles. The topological polar surface area (TPSA) is 26.0 Å². The summed E-state index contributed by atoms with van der Waals surface area (Å²) in [5, 5.41) is 3.05. The summed E-state index contributed by atoms with van der Waals surface area (Å²) >= 11 is 1.63. The van der Waals surface area contributed by atoms with Crippen molar-refractivity contribution in [3.8, 4) is 10.8 Å². The van der Waals surface area contributed by atoms with E-state index < -0.39 is 0 Å². The van der Waals surface area contributed by atoms with Crippen LogP contribution in [0.1, 0.15) is 26.5 Å². The number of furan rings is 1. The van der Waals surface area contributed by atoms with Crippen LogP contribution in [-0.4, -0.2) is 4.98 Å². The Hall–Kier alpha value is -1.09. The predicted molar refractivity (Wildman–Crippen MR) is 58.5 cm³/mol. The molecule has 0 saturated carbocycles. The third-order valence-corrected chi connectivity index (χ3v) is 2.86. The lowest BCUT2D eigenvalue weighted by Gasteiger charge is -2.13. The molecule has 0 aliphatic carbocycles. The standard InChI is InChI=1S/C11H13NOS/c1-11(2,3)9-7-14-10(12-9)8-5-4-6-13-8/h4-7H,1-3H3. The van der Waals surface area contributed by atoms with Crippen LogP contribution in [-0.2, 0) is 5.41 Å². The highest BCUT2D eigenvalue weighted by Gasteiger charge is 2.18. The van der Waals surface area contributed by atoms with Crippen LogP contribution in [0.25, 0.3) is 10.8 Å². The summed E-state index contributed by atoms with van der Waals surface area (Å²) in [5.41, 5.74) is 1.23. The van der Waals surface area contributed by atoms with Crippen molar-refractivity contribution in [2.75, 3.05) is 0 Å². The Bertz CT molecular complexity index is 409. The van der Waals surface area contributed by atoms with Crippen molar-refractivity contribution in [2.45, 2.75) is 26.2 Å². The van der Waals surface area contributed by atoms with E-state index in [0.29, 0.717) is 0 Å². The van der Waals surface area contributed by atoms with Crippen LogP contribution in [0.5, 0.6) is 0 Å². The maximum Gasteiger partial charge on any atom is 0.162 e. The Morgan fingerprint density at radius 1 is 1.36 bits per heavy atom. The Balaban J connectivity index is 2.36. The first-order valence-electron chi connectivity index (χ1n) is 4.57. The van der Waals surface area contributed by atoms with Crippen molar-refractivity contribution in [1.29, 1.82) is 0 Å². The van der Waals surface area contributed by atoms with Gasteiger partial charge in [0.1, 0.15) is 0 Å². The van der Waals surface area contributed by atoms with Crippen molar-refractivity contribution < 1.29 is 4.42 Å². The summed E-state index contributed by atoms with van der Waals surface area (Å²) in [6, 6.07) is 3.82. The molecule has 0 bridgehead atoms. The lowest BCUT2D eigenvalue weighted by Crippen LogP contribution is -2.11. The molecule has 2 nitrogen and oxygen atoms in total. The Morgan fingerprint density at radius 2 is 2.14 bits per heavy atom. The summed E-state index contributed by atoms with van der Waals surface area (Å²) in [4.78, 5) is 4.55. The van der Waals surface area contributed by atoms with Crippen molar-refractivity contribution in [2.24, 2.45) is 0 Å². The summed E-state index contributed by atoms with van der Waals surface area (Å²) in [5.74, 6) is 0.852. The molecule has 2 rings (SSSR count). The van der Waals surface area contributed by atoms with Crippen LogP contribution in [0.15, 0.2) is 28.2 Å². The number of hydrogen-bond acceptors (Lipinski definition) is 3. The van der Waals surface area contributed by atoms with Gasteiger partial charge >= 0.3 is 0 Å². The maximum absolute atomic E-state index is 5.29. The SMILES string of the molecule is CC(C)(C)c1csc(-c2ccco2)n1. The second kappa shape index (κ2) is 3.24. The van der Waals surface area contributed by atoms with Gasteiger partial charge in [-0.25, -0.2) is 4.98 Å². The fourth-order valence-electron chi connectivity index (χ4n) is 1.13. The molecule has 0 radical (unpaired) electrons. The van der Waals surface area contributed by atoms with Gasteiger partial charge < -0.3 is 4.42 Å². The molecule has 0 atom stereocenters. The van der Waals surface area contributed by atoms with E-state index in [9.17, 15) is 0 Å². The van der Waals surface area contributed by atoms with Gasteiger partial charge in [0.25, 0.3) is 0 Å². The Kier molecular flexibility index (Phi) is 2.19. The average Bonchev–Trinajstić information content (AvgIpc) is 2.73. The molecule has 0 saturated heterocycles. The fraction of sp³-hybridized carbons (Fsp3) is 0.364. The minimum absolute atomic E-state index is 0.112. The van der Waals surface area contributed by atoms with Gasteiger partial charge in [-0.15, -0.1) is 11.3 Å². The summed E-state index contributed by atoms with van der Waals surface area (Å²) in [6.45, 7) is 6.48. The molecule has 0 fully saturated rings. The number of thiazole rings is 1. The third kappa shape index (κ3) is 1.73. The van der Waals surface area contributed by atoms with Gasteiger partial charge in [0.2, 0.25) is 0 Å². The van der Waals surface area contributed by atoms with E-state index in [1.165, 1.54) is 0 Å². The molecule has 2 aromatic rings. The summed E-state index contributed by atoms with van der Waals surface area (Å²) in [7, 11) is 0. The normalized spacial score (nSPS) is 11.9. The van der Waals surface area contributed by atoms with Crippen LogP contribution >= 0.6 is 11.3 Å². The van der Waals surface area contributed by atoms with Crippen LogP contribution < -0.4 is 0 Å². The molecule has 3 heteroatoms. The van der Waals surface area contributed by atoms with Gasteiger partial charge in [-0.2, -0.15) is 0 Å². The van der Waals surface area contributed by atoms with Gasteiger partial charge in [0.15, 0.2) is 10.8 Å². The lowest BCUT2D eigenvalue weighted by molar-refractivity contribution is 0.566. The van der Waals surface area contributed by atoms with Crippen molar-refractivity contribution in [3.05, 3.63) is 29.5 Å². The second-order valence-corrected chi connectivity index (χ2v) is 5.12. The highest BCUT2D eigenvalue weighted by Crippen LogP contribution is 2.29. The number of hydrogen-bond donors (Lipinski definition) is 0. The first-order valence-corrected chi connectivity index (χ1v) is 5.45. The number of rotatable bonds is 1. The van der Waals surface area contributed by atoms with E-state index in [0.717, 1.165) is 16.5 Å². The molecule has 14 heavy (non-hydrogen) atoms. The Labute approximate surface area is 87.6 Å². The maximum atomic E-state index is 5.29. The first-order chi connectivity index (χ1) is 6.57. The molecule has 2 aromatic heterocycles. The molecule has 74 valence electrons. The lowest BCUT2D eigenvalue weighted by atomic mass is 9.93. The van der Waals surface area contributed by atoms with E-state index in [-0.39, 0.29) is 5.41 Å². The largest absolute Gasteiger partial charge is 0.462 e. The monoisotopic (exact) mass is 207 g/mol. The molecule has 0 amide bonds. The second-order valence-electron chi connectivity index (χ2n) is 4.27. The highest BCUT2D eigenvalue weighted by molar-refractivity contribution is 7.13.